The predicted octanol–water partition coefficient (Wildman–Crippen LogP) is 6.52. The van der Waals surface area contributed by atoms with Crippen LogP contribution in [0.5, 0.6) is 5.75 Å². The van der Waals surface area contributed by atoms with Gasteiger partial charge in [-0.25, -0.2) is 4.79 Å². The van der Waals surface area contributed by atoms with Crippen LogP contribution in [0.25, 0.3) is 0 Å². The van der Waals surface area contributed by atoms with E-state index in [4.69, 9.17) is 19.9 Å². The van der Waals surface area contributed by atoms with Crippen molar-refractivity contribution in [3.63, 3.8) is 0 Å². The molecule has 3 rings (SSSR count). The Hall–Kier alpha value is -3.43. The Morgan fingerprint density at radius 3 is 2.17 bits per heavy atom. The summed E-state index contributed by atoms with van der Waals surface area (Å²) in [7, 11) is 0. The molecule has 0 spiro atoms. The number of ketones is 2. The smallest absolute Gasteiger partial charge is 0.315 e. The number of Topliss-reactive ketones (excluding diaryl/α,β-unsaturated/α-hetero) is 2. The molecule has 3 atom stereocenters. The molecule has 2 aliphatic heterocycles. The number of nitro benzene ring substituents is 1. The van der Waals surface area contributed by atoms with E-state index < -0.39 is 4.92 Å². The van der Waals surface area contributed by atoms with Crippen molar-refractivity contribution in [1.82, 2.24) is 16.0 Å². The number of rotatable bonds is 26. The second kappa shape index (κ2) is 30.0. The first-order valence-corrected chi connectivity index (χ1v) is 20.4. The minimum absolute atomic E-state index is 0.0111. The van der Waals surface area contributed by atoms with Crippen LogP contribution in [0.15, 0.2) is 18.2 Å². The second-order valence-corrected chi connectivity index (χ2v) is 14.3. The van der Waals surface area contributed by atoms with E-state index in [-0.39, 0.29) is 17.6 Å². The summed E-state index contributed by atoms with van der Waals surface area (Å²) in [5, 5.41) is 19.8. The number of unbranched alkanes of at least 4 members (excludes halogenated alkanes) is 5. The number of hydrogen-bond acceptors (Lipinski definition) is 11. The molecule has 2 heterocycles. The van der Waals surface area contributed by atoms with Gasteiger partial charge < -0.3 is 35.9 Å². The summed E-state index contributed by atoms with van der Waals surface area (Å²) in [5.41, 5.74) is 5.95. The highest BCUT2D eigenvalue weighted by molar-refractivity contribution is 8.00. The van der Waals surface area contributed by atoms with Crippen LogP contribution in [0.3, 0.4) is 0 Å². The Kier molecular flexibility index (Phi) is 26.9. The van der Waals surface area contributed by atoms with Gasteiger partial charge in [-0.05, 0) is 58.4 Å². The number of nitrogen functional groups attached to an aromatic ring is 1. The number of urea groups is 1. The summed E-state index contributed by atoms with van der Waals surface area (Å²) in [6, 6.07) is 4.69. The third-order valence-corrected chi connectivity index (χ3v) is 10.1. The predicted molar refractivity (Wildman–Crippen MR) is 210 cm³/mol. The molecule has 0 radical (unpaired) electrons. The molecule has 0 aliphatic carbocycles. The fourth-order valence-electron chi connectivity index (χ4n) is 5.65. The van der Waals surface area contributed by atoms with Crippen molar-refractivity contribution in [1.29, 1.82) is 0 Å². The number of amides is 3. The standard InChI is InChI=1S/C15H26N2O2S.C13H25NO3.C10H14N2O4/c1-2-3-4-7-11(18)8-5-6-9-13-14-12(10-20-13)16-15(19)17-14;1-3-17-11-7-9-13(16)8-5-4-6-10-14-12(2)15;1-2-15-5-6-16-10-7-8(12(13)14)3-4-9(10)11/h12-14H,2-10H2,1H3,(H2,16,17,19);3-11H2,1-2H3,(H,14,15);3-4,7H,2,5-6,11H2,1H3. The number of nitrogens with zero attached hydrogens (tertiary/aromatic N) is 1. The molecule has 0 bridgehead atoms. The van der Waals surface area contributed by atoms with Crippen LogP contribution in [0.4, 0.5) is 16.2 Å². The molecular weight excluding hydrogens is 703 g/mol. The number of thioether (sulfide) groups is 1. The van der Waals surface area contributed by atoms with Crippen LogP contribution in [-0.2, 0) is 23.9 Å². The number of nitrogens with two attached hydrogens (primary N) is 1. The van der Waals surface area contributed by atoms with E-state index in [0.29, 0.717) is 86.2 Å². The SMILES string of the molecule is CCCCCC(=O)CCCCC1SCC2NC(=O)NC21.CCOCCCC(=O)CCCCCNC(C)=O.CCOCCOc1cc([N+](=O)[O-])ccc1N. The molecule has 5 N–H and O–H groups in total. The number of ether oxygens (including phenoxy) is 3. The molecule has 0 aromatic heterocycles. The van der Waals surface area contributed by atoms with E-state index in [1.165, 1.54) is 38.0 Å². The normalized spacial score (nSPS) is 16.9. The number of benzene rings is 1. The van der Waals surface area contributed by atoms with Crippen molar-refractivity contribution in [2.75, 3.05) is 51.1 Å². The van der Waals surface area contributed by atoms with Crippen LogP contribution >= 0.6 is 11.8 Å². The maximum Gasteiger partial charge on any atom is 0.315 e. The lowest BCUT2D eigenvalue weighted by Crippen LogP contribution is -2.36. The second-order valence-electron chi connectivity index (χ2n) is 13.0. The Bertz CT molecular complexity index is 1220. The fourth-order valence-corrected chi connectivity index (χ4v) is 7.20. The van der Waals surface area contributed by atoms with E-state index in [1.54, 1.807) is 0 Å². The number of nitrogens with one attached hydrogen (secondary N) is 3. The van der Waals surface area contributed by atoms with Gasteiger partial charge in [-0.3, -0.25) is 24.5 Å². The van der Waals surface area contributed by atoms with Gasteiger partial charge in [0.05, 0.1) is 35.4 Å². The number of fused-ring (bicyclic) bond motifs is 1. The Morgan fingerprint density at radius 2 is 1.53 bits per heavy atom. The molecular formula is C38H65N5O9S. The highest BCUT2D eigenvalue weighted by Crippen LogP contribution is 2.33. The Morgan fingerprint density at radius 1 is 0.887 bits per heavy atom. The minimum Gasteiger partial charge on any atom is -0.489 e. The molecule has 302 valence electrons. The number of carbonyl (C=O) groups is 4. The molecule has 14 nitrogen and oxygen atoms in total. The molecule has 2 aliphatic rings. The van der Waals surface area contributed by atoms with Gasteiger partial charge in [0.1, 0.15) is 23.9 Å². The van der Waals surface area contributed by atoms with Gasteiger partial charge in [0.15, 0.2) is 0 Å². The maximum absolute atomic E-state index is 11.7. The average Bonchev–Trinajstić information content (AvgIpc) is 3.68. The Labute approximate surface area is 320 Å². The van der Waals surface area contributed by atoms with Gasteiger partial charge in [0.2, 0.25) is 5.91 Å². The van der Waals surface area contributed by atoms with Gasteiger partial charge in [-0.2, -0.15) is 11.8 Å². The van der Waals surface area contributed by atoms with E-state index in [1.807, 2.05) is 25.6 Å². The van der Waals surface area contributed by atoms with E-state index in [2.05, 4.69) is 22.9 Å². The summed E-state index contributed by atoms with van der Waals surface area (Å²) in [4.78, 5) is 55.0. The quantitative estimate of drug-likeness (QED) is 0.0263. The first kappa shape index (κ1) is 47.6. The number of non-ortho nitro benzene ring substituents is 1. The molecule has 1 aromatic carbocycles. The summed E-state index contributed by atoms with van der Waals surface area (Å²) in [6.07, 6.45) is 13.1. The van der Waals surface area contributed by atoms with Crippen LogP contribution in [0, 0.1) is 10.1 Å². The molecule has 2 fully saturated rings. The third-order valence-electron chi connectivity index (χ3n) is 8.54. The largest absolute Gasteiger partial charge is 0.489 e. The van der Waals surface area contributed by atoms with Gasteiger partial charge in [-0.1, -0.05) is 32.6 Å². The maximum atomic E-state index is 11.7. The van der Waals surface area contributed by atoms with Crippen molar-refractivity contribution in [2.45, 2.75) is 135 Å². The first-order chi connectivity index (χ1) is 25.5. The molecule has 2 saturated heterocycles. The number of nitro groups is 1. The van der Waals surface area contributed by atoms with Gasteiger partial charge in [-0.15, -0.1) is 0 Å². The average molecular weight is 768 g/mol. The molecule has 15 heteroatoms. The lowest BCUT2D eigenvalue weighted by atomic mass is 10.0. The highest BCUT2D eigenvalue weighted by Gasteiger charge is 2.42. The van der Waals surface area contributed by atoms with E-state index in [9.17, 15) is 29.3 Å². The van der Waals surface area contributed by atoms with Crippen molar-refractivity contribution in [2.24, 2.45) is 0 Å². The minimum atomic E-state index is -0.491. The monoisotopic (exact) mass is 767 g/mol. The van der Waals surface area contributed by atoms with Gasteiger partial charge in [0, 0.05) is 76.0 Å². The number of anilines is 1. The summed E-state index contributed by atoms with van der Waals surface area (Å²) < 4.78 is 15.5. The molecule has 0 saturated carbocycles. The van der Waals surface area contributed by atoms with Crippen LogP contribution < -0.4 is 26.4 Å². The van der Waals surface area contributed by atoms with Crippen molar-refractivity contribution >= 4 is 46.6 Å². The third kappa shape index (κ3) is 23.1. The first-order valence-electron chi connectivity index (χ1n) is 19.3. The van der Waals surface area contributed by atoms with Gasteiger partial charge >= 0.3 is 6.03 Å². The lowest BCUT2D eigenvalue weighted by molar-refractivity contribution is -0.384. The topological polar surface area (TPSA) is 201 Å². The summed E-state index contributed by atoms with van der Waals surface area (Å²) in [6.45, 7) is 11.0. The molecule has 53 heavy (non-hydrogen) atoms. The fraction of sp³-hybridized carbons (Fsp3) is 0.737. The van der Waals surface area contributed by atoms with Crippen molar-refractivity contribution in [3.05, 3.63) is 28.3 Å². The zero-order valence-electron chi connectivity index (χ0n) is 32.4. The lowest BCUT2D eigenvalue weighted by Gasteiger charge is -2.16. The van der Waals surface area contributed by atoms with Gasteiger partial charge in [0.25, 0.3) is 5.69 Å². The van der Waals surface area contributed by atoms with Crippen LogP contribution in [-0.4, -0.2) is 91.1 Å². The summed E-state index contributed by atoms with van der Waals surface area (Å²) in [5.74, 6) is 2.09. The summed E-state index contributed by atoms with van der Waals surface area (Å²) >= 11 is 1.95. The Balaban J connectivity index is 0.000000401. The van der Waals surface area contributed by atoms with E-state index in [0.717, 1.165) is 76.6 Å². The highest BCUT2D eigenvalue weighted by atomic mass is 32.2. The molecule has 3 amide bonds. The molecule has 1 aromatic rings. The zero-order chi connectivity index (χ0) is 39.3. The van der Waals surface area contributed by atoms with E-state index >= 15 is 0 Å². The number of hydrogen-bond donors (Lipinski definition) is 4. The van der Waals surface area contributed by atoms with Crippen LogP contribution in [0.2, 0.25) is 0 Å². The van der Waals surface area contributed by atoms with Crippen LogP contribution in [0.1, 0.15) is 118 Å². The van der Waals surface area contributed by atoms with Crippen molar-refractivity contribution < 1.29 is 38.3 Å². The number of carbonyl (C=O) groups excluding carboxylic acids is 4. The van der Waals surface area contributed by atoms with Crippen molar-refractivity contribution in [3.8, 4) is 5.75 Å². The zero-order valence-corrected chi connectivity index (χ0v) is 33.2. The molecule has 3 unspecified atom stereocenters.